The Labute approximate surface area is 213 Å². The van der Waals surface area contributed by atoms with Crippen LogP contribution in [0.2, 0.25) is 18.1 Å². The molecule has 3 atom stereocenters. The molecule has 1 aliphatic rings. The minimum atomic E-state index is -2.22. The van der Waals surface area contributed by atoms with Gasteiger partial charge < -0.3 is 29.6 Å². The molecule has 1 saturated heterocycles. The van der Waals surface area contributed by atoms with Gasteiger partial charge in [-0.2, -0.15) is 4.90 Å². The van der Waals surface area contributed by atoms with Crippen LogP contribution in [0.3, 0.4) is 0 Å². The zero-order valence-electron chi connectivity index (χ0n) is 22.7. The molecular formula is C24H40N4O7Si. The molecule has 0 unspecified atom stereocenters. The minimum Gasteiger partial charge on any atom is -0.464 e. The Hall–Kier alpha value is -2.86. The van der Waals surface area contributed by atoms with Crippen molar-refractivity contribution in [1.82, 2.24) is 10.3 Å². The number of hydrogen-bond donors (Lipinski definition) is 3. The van der Waals surface area contributed by atoms with E-state index in [4.69, 9.17) is 9.16 Å². The van der Waals surface area contributed by atoms with E-state index in [1.54, 1.807) is 26.8 Å². The van der Waals surface area contributed by atoms with Crippen LogP contribution in [-0.2, 0) is 9.16 Å². The Morgan fingerprint density at radius 2 is 1.69 bits per heavy atom. The fourth-order valence-corrected chi connectivity index (χ4v) is 5.30. The van der Waals surface area contributed by atoms with Crippen LogP contribution in [0, 0.1) is 5.92 Å². The normalized spacial score (nSPS) is 21.0. The highest BCUT2D eigenvalue weighted by Crippen LogP contribution is 2.40. The fraction of sp³-hybridized carbons (Fsp3) is 0.667. The van der Waals surface area contributed by atoms with Gasteiger partial charge in [0.05, 0.1) is 24.0 Å². The number of carbonyl (C=O) groups excluding carboxylic acids is 1. The predicted molar refractivity (Wildman–Crippen MR) is 139 cm³/mol. The quantitative estimate of drug-likeness (QED) is 0.454. The van der Waals surface area contributed by atoms with Gasteiger partial charge in [0.2, 0.25) is 0 Å². The Morgan fingerprint density at radius 1 is 1.11 bits per heavy atom. The first kappa shape index (κ1) is 29.4. The Balaban J connectivity index is 2.47. The highest BCUT2D eigenvalue weighted by Gasteiger charge is 2.45. The van der Waals surface area contributed by atoms with Crippen molar-refractivity contribution in [3.8, 4) is 0 Å². The van der Waals surface area contributed by atoms with Gasteiger partial charge in [-0.1, -0.05) is 27.7 Å². The number of imide groups is 1. The molecule has 1 aromatic rings. The van der Waals surface area contributed by atoms with E-state index in [9.17, 15) is 24.6 Å². The van der Waals surface area contributed by atoms with Crippen molar-refractivity contribution in [2.45, 2.75) is 84.3 Å². The maximum absolute atomic E-state index is 12.8. The predicted octanol–water partition coefficient (Wildman–Crippen LogP) is 4.98. The number of piperidine rings is 1. The van der Waals surface area contributed by atoms with Crippen LogP contribution >= 0.6 is 0 Å². The summed E-state index contributed by atoms with van der Waals surface area (Å²) in [6, 6.07) is 1.07. The van der Waals surface area contributed by atoms with Gasteiger partial charge in [0.15, 0.2) is 8.32 Å². The molecule has 0 bridgehead atoms. The van der Waals surface area contributed by atoms with E-state index in [1.807, 2.05) is 11.8 Å². The maximum atomic E-state index is 12.8. The molecule has 12 heteroatoms. The first-order chi connectivity index (χ1) is 16.3. The lowest BCUT2D eigenvalue weighted by Gasteiger charge is -2.48. The van der Waals surface area contributed by atoms with Crippen LogP contribution in [0.15, 0.2) is 18.5 Å². The second kappa shape index (κ2) is 10.6. The number of ether oxygens (including phenoxy) is 1. The molecular weight excluding hydrogens is 484 g/mol. The maximum Gasteiger partial charge on any atom is 0.421 e. The molecule has 3 N–H and O–H groups in total. The van der Waals surface area contributed by atoms with Crippen LogP contribution in [0.25, 0.3) is 0 Å². The molecule has 3 amide bonds. The van der Waals surface area contributed by atoms with Crippen LogP contribution in [0.4, 0.5) is 25.8 Å². The van der Waals surface area contributed by atoms with Gasteiger partial charge in [-0.05, 0) is 45.0 Å². The largest absolute Gasteiger partial charge is 0.464 e. The number of carbonyl (C=O) groups is 3. The molecule has 202 valence electrons. The summed E-state index contributed by atoms with van der Waals surface area (Å²) < 4.78 is 12.3. The number of pyridine rings is 1. The number of aromatic nitrogens is 1. The topological polar surface area (TPSA) is 142 Å². The van der Waals surface area contributed by atoms with Crippen molar-refractivity contribution < 1.29 is 33.8 Å². The van der Waals surface area contributed by atoms with Crippen molar-refractivity contribution in [2.24, 2.45) is 5.92 Å². The number of alkyl carbamates (subject to hydrolysis) is 1. The highest BCUT2D eigenvalue weighted by atomic mass is 28.4. The van der Waals surface area contributed by atoms with Gasteiger partial charge in [0.25, 0.3) is 0 Å². The summed E-state index contributed by atoms with van der Waals surface area (Å²) in [6.45, 7) is 18.8. The van der Waals surface area contributed by atoms with Crippen LogP contribution in [0.5, 0.6) is 0 Å². The van der Waals surface area contributed by atoms with Gasteiger partial charge >= 0.3 is 18.3 Å². The van der Waals surface area contributed by atoms with Crippen LogP contribution in [0.1, 0.15) is 48.5 Å². The molecule has 36 heavy (non-hydrogen) atoms. The number of nitrogens with zero attached hydrogens (tertiary/aromatic N) is 3. The van der Waals surface area contributed by atoms with E-state index in [0.717, 1.165) is 0 Å². The number of rotatable bonds is 5. The summed E-state index contributed by atoms with van der Waals surface area (Å²) in [4.78, 5) is 42.2. The second-order valence-electron chi connectivity index (χ2n) is 11.7. The Morgan fingerprint density at radius 3 is 2.19 bits per heavy atom. The zero-order valence-corrected chi connectivity index (χ0v) is 23.7. The third kappa shape index (κ3) is 7.09. The lowest BCUT2D eigenvalue weighted by Crippen LogP contribution is -2.63. The van der Waals surface area contributed by atoms with Crippen LogP contribution < -0.4 is 15.1 Å². The van der Waals surface area contributed by atoms with Gasteiger partial charge in [0.1, 0.15) is 11.3 Å². The monoisotopic (exact) mass is 524 g/mol. The lowest BCUT2D eigenvalue weighted by atomic mass is 9.92. The minimum absolute atomic E-state index is 0.0535. The Kier molecular flexibility index (Phi) is 8.67. The molecule has 1 aromatic heterocycles. The average molecular weight is 525 g/mol. The third-order valence-electron chi connectivity index (χ3n) is 6.56. The van der Waals surface area contributed by atoms with Crippen molar-refractivity contribution in [3.05, 3.63) is 18.5 Å². The van der Waals surface area contributed by atoms with Crippen molar-refractivity contribution in [3.63, 3.8) is 0 Å². The molecule has 0 aliphatic carbocycles. The summed E-state index contributed by atoms with van der Waals surface area (Å²) >= 11 is 0. The van der Waals surface area contributed by atoms with Crippen molar-refractivity contribution in [1.29, 1.82) is 0 Å². The number of nitrogens with one attached hydrogen (secondary N) is 1. The first-order valence-electron chi connectivity index (χ1n) is 12.0. The SMILES string of the molecule is C[C@H]1CN(c2ccncc2N(C(=O)O)C(=O)O)C[C@@H](NC(=O)OC(C)(C)C)[C@@H]1O[Si](C)(C)C(C)(C)C. The standard InChI is InChI=1S/C24H40N4O7Si/c1-15-13-27(17-10-11-25-12-18(17)28(21(30)31)22(32)33)14-16(26-20(29)34-23(2,3)4)19(15)35-36(8,9)24(5,6)7/h10-12,15-16,19H,13-14H2,1-9H3,(H,26,29)(H,30,31)(H,32,33)/t15-,16+,19+/m0/s1. The molecule has 1 aliphatic heterocycles. The molecule has 11 nitrogen and oxygen atoms in total. The molecule has 2 rings (SSSR count). The van der Waals surface area contributed by atoms with Crippen molar-refractivity contribution in [2.75, 3.05) is 22.9 Å². The summed E-state index contributed by atoms with van der Waals surface area (Å²) in [5.74, 6) is -0.0862. The highest BCUT2D eigenvalue weighted by molar-refractivity contribution is 6.74. The second-order valence-corrected chi connectivity index (χ2v) is 16.5. The Bertz CT molecular complexity index is 960. The molecule has 0 spiro atoms. The van der Waals surface area contributed by atoms with E-state index in [0.29, 0.717) is 12.2 Å². The average Bonchev–Trinajstić information content (AvgIpc) is 2.68. The van der Waals surface area contributed by atoms with E-state index in [-0.39, 0.29) is 34.2 Å². The molecule has 0 aromatic carbocycles. The third-order valence-corrected chi connectivity index (χ3v) is 11.0. The zero-order chi connectivity index (χ0) is 27.6. The summed E-state index contributed by atoms with van der Waals surface area (Å²) in [5, 5.41) is 21.9. The van der Waals surface area contributed by atoms with Gasteiger partial charge in [0, 0.05) is 25.2 Å². The van der Waals surface area contributed by atoms with Crippen LogP contribution in [-0.4, -0.2) is 72.6 Å². The summed E-state index contributed by atoms with van der Waals surface area (Å²) in [5.41, 5.74) is -0.394. The summed E-state index contributed by atoms with van der Waals surface area (Å²) in [7, 11) is -2.22. The van der Waals surface area contributed by atoms with Gasteiger partial charge in [-0.15, -0.1) is 0 Å². The van der Waals surface area contributed by atoms with E-state index in [2.05, 4.69) is 44.2 Å². The molecule has 0 radical (unpaired) electrons. The van der Waals surface area contributed by atoms with E-state index < -0.39 is 38.2 Å². The van der Waals surface area contributed by atoms with Gasteiger partial charge in [-0.3, -0.25) is 4.98 Å². The van der Waals surface area contributed by atoms with E-state index >= 15 is 0 Å². The molecule has 0 saturated carbocycles. The smallest absolute Gasteiger partial charge is 0.421 e. The number of amides is 3. The van der Waals surface area contributed by atoms with E-state index in [1.165, 1.54) is 12.4 Å². The van der Waals surface area contributed by atoms with Gasteiger partial charge in [-0.25, -0.2) is 14.4 Å². The first-order valence-corrected chi connectivity index (χ1v) is 14.9. The summed E-state index contributed by atoms with van der Waals surface area (Å²) in [6.07, 6.45) is -1.50. The molecule has 2 heterocycles. The lowest BCUT2D eigenvalue weighted by molar-refractivity contribution is 0.0336. The van der Waals surface area contributed by atoms with Crippen molar-refractivity contribution >= 4 is 38.0 Å². The molecule has 1 fully saturated rings. The number of hydrogen-bond acceptors (Lipinski definition) is 7. The number of carboxylic acid groups (broad SMARTS) is 2. The fourth-order valence-electron chi connectivity index (χ4n) is 3.87. The number of anilines is 2.